The van der Waals surface area contributed by atoms with Crippen LogP contribution in [0.1, 0.15) is 6.42 Å². The Balaban J connectivity index is 1.80. The average molecular weight is 284 g/mol. The first kappa shape index (κ1) is 15.0. The minimum Gasteiger partial charge on any atom is -0.399 e. The van der Waals surface area contributed by atoms with E-state index in [4.69, 9.17) is 11.5 Å². The van der Waals surface area contributed by atoms with Gasteiger partial charge in [-0.2, -0.15) is 0 Å². The van der Waals surface area contributed by atoms with Gasteiger partial charge >= 0.3 is 0 Å². The molecule has 0 atom stereocenters. The van der Waals surface area contributed by atoms with Gasteiger partial charge in [0.25, 0.3) is 0 Å². The quantitative estimate of drug-likeness (QED) is 0.801. The summed E-state index contributed by atoms with van der Waals surface area (Å²) in [4.78, 5) is 4.49. The predicted octanol–water partition coefficient (Wildman–Crippen LogP) is 2.81. The van der Waals surface area contributed by atoms with Gasteiger partial charge in [0, 0.05) is 49.9 Å². The Morgan fingerprint density at radius 1 is 0.667 bits per heavy atom. The molecule has 4 N–H and O–H groups in total. The van der Waals surface area contributed by atoms with Crippen LogP contribution in [0.15, 0.2) is 48.5 Å². The number of nitrogens with two attached hydrogens (primary N) is 2. The molecule has 0 saturated carbocycles. The van der Waals surface area contributed by atoms with Crippen LogP contribution in [-0.2, 0) is 0 Å². The summed E-state index contributed by atoms with van der Waals surface area (Å²) in [6, 6.07) is 16.0. The summed E-state index contributed by atoms with van der Waals surface area (Å²) >= 11 is 0. The summed E-state index contributed by atoms with van der Waals surface area (Å²) < 4.78 is 0. The molecule has 2 rings (SSSR count). The molecule has 0 radical (unpaired) electrons. The van der Waals surface area contributed by atoms with Crippen LogP contribution in [0, 0.1) is 0 Å². The van der Waals surface area contributed by atoms with Gasteiger partial charge < -0.3 is 21.3 Å². The van der Waals surface area contributed by atoms with Crippen molar-refractivity contribution in [1.29, 1.82) is 0 Å². The maximum absolute atomic E-state index is 5.71. The molecule has 0 aliphatic rings. The summed E-state index contributed by atoms with van der Waals surface area (Å²) in [6.45, 7) is 2.01. The topological polar surface area (TPSA) is 58.5 Å². The van der Waals surface area contributed by atoms with Gasteiger partial charge in [-0.1, -0.05) is 0 Å². The first-order valence-corrected chi connectivity index (χ1v) is 7.19. The van der Waals surface area contributed by atoms with Gasteiger partial charge in [0.05, 0.1) is 0 Å². The number of rotatable bonds is 6. The largest absolute Gasteiger partial charge is 0.399 e. The molecule has 4 nitrogen and oxygen atoms in total. The molecule has 0 bridgehead atoms. The first-order valence-electron chi connectivity index (χ1n) is 7.19. The highest BCUT2D eigenvalue weighted by Crippen LogP contribution is 2.17. The van der Waals surface area contributed by atoms with Crippen molar-refractivity contribution in [3.05, 3.63) is 48.5 Å². The number of anilines is 4. The summed E-state index contributed by atoms with van der Waals surface area (Å²) in [5.74, 6) is 0. The Labute approximate surface area is 127 Å². The van der Waals surface area contributed by atoms with Crippen LogP contribution in [0.2, 0.25) is 0 Å². The van der Waals surface area contributed by atoms with E-state index in [1.54, 1.807) is 0 Å². The van der Waals surface area contributed by atoms with Crippen LogP contribution in [0.4, 0.5) is 22.7 Å². The van der Waals surface area contributed by atoms with E-state index in [1.807, 2.05) is 24.3 Å². The summed E-state index contributed by atoms with van der Waals surface area (Å²) in [5, 5.41) is 0. The second-order valence-corrected chi connectivity index (χ2v) is 5.38. The highest BCUT2D eigenvalue weighted by Gasteiger charge is 2.03. The molecule has 0 unspecified atom stereocenters. The zero-order valence-corrected chi connectivity index (χ0v) is 12.8. The SMILES string of the molecule is CN(CCCN(C)c1ccc(N)cc1)c1ccc(N)cc1. The molecular weight excluding hydrogens is 260 g/mol. The molecule has 0 fully saturated rings. The summed E-state index contributed by atoms with van der Waals surface area (Å²) in [7, 11) is 4.21. The molecule has 2 aromatic carbocycles. The average Bonchev–Trinajstić information content (AvgIpc) is 2.48. The van der Waals surface area contributed by atoms with E-state index in [0.717, 1.165) is 30.9 Å². The maximum Gasteiger partial charge on any atom is 0.0365 e. The molecule has 0 aliphatic heterocycles. The lowest BCUT2D eigenvalue weighted by Gasteiger charge is -2.23. The second kappa shape index (κ2) is 6.88. The molecule has 112 valence electrons. The fourth-order valence-corrected chi connectivity index (χ4v) is 2.26. The monoisotopic (exact) mass is 284 g/mol. The Morgan fingerprint density at radius 2 is 1.00 bits per heavy atom. The molecule has 21 heavy (non-hydrogen) atoms. The third kappa shape index (κ3) is 4.31. The molecule has 0 aliphatic carbocycles. The van der Waals surface area contributed by atoms with Crippen molar-refractivity contribution in [2.45, 2.75) is 6.42 Å². The van der Waals surface area contributed by atoms with Crippen LogP contribution in [-0.4, -0.2) is 27.2 Å². The third-order valence-corrected chi connectivity index (χ3v) is 3.65. The smallest absolute Gasteiger partial charge is 0.0365 e. The van der Waals surface area contributed by atoms with Crippen molar-refractivity contribution in [2.75, 3.05) is 48.5 Å². The van der Waals surface area contributed by atoms with E-state index < -0.39 is 0 Å². The van der Waals surface area contributed by atoms with Gasteiger partial charge in [-0.3, -0.25) is 0 Å². The lowest BCUT2D eigenvalue weighted by molar-refractivity contribution is 0.763. The van der Waals surface area contributed by atoms with E-state index in [0.29, 0.717) is 0 Å². The molecule has 0 spiro atoms. The van der Waals surface area contributed by atoms with Gasteiger partial charge in [-0.05, 0) is 55.0 Å². The van der Waals surface area contributed by atoms with Crippen LogP contribution < -0.4 is 21.3 Å². The Morgan fingerprint density at radius 3 is 1.33 bits per heavy atom. The number of hydrogen-bond donors (Lipinski definition) is 2. The minimum absolute atomic E-state index is 0.801. The molecule has 0 amide bonds. The molecular formula is C17H24N4. The van der Waals surface area contributed by atoms with E-state index >= 15 is 0 Å². The molecule has 0 aromatic heterocycles. The Kier molecular flexibility index (Phi) is 4.93. The van der Waals surface area contributed by atoms with E-state index in [2.05, 4.69) is 48.2 Å². The van der Waals surface area contributed by atoms with Crippen LogP contribution >= 0.6 is 0 Å². The predicted molar refractivity (Wildman–Crippen MR) is 92.9 cm³/mol. The lowest BCUT2D eigenvalue weighted by atomic mass is 10.2. The van der Waals surface area contributed by atoms with Crippen LogP contribution in [0.3, 0.4) is 0 Å². The van der Waals surface area contributed by atoms with Gasteiger partial charge in [0.2, 0.25) is 0 Å². The zero-order chi connectivity index (χ0) is 15.2. The fraction of sp³-hybridized carbons (Fsp3) is 0.294. The summed E-state index contributed by atoms with van der Waals surface area (Å²) in [6.07, 6.45) is 1.09. The van der Waals surface area contributed by atoms with Crippen molar-refractivity contribution in [3.63, 3.8) is 0 Å². The number of benzene rings is 2. The maximum atomic E-state index is 5.71. The number of nitrogen functional groups attached to an aromatic ring is 2. The van der Waals surface area contributed by atoms with Crippen LogP contribution in [0.5, 0.6) is 0 Å². The van der Waals surface area contributed by atoms with Gasteiger partial charge in [-0.15, -0.1) is 0 Å². The highest BCUT2D eigenvalue weighted by atomic mass is 15.1. The Bertz CT molecular complexity index is 497. The molecule has 4 heteroatoms. The molecule has 2 aromatic rings. The fourth-order valence-electron chi connectivity index (χ4n) is 2.26. The minimum atomic E-state index is 0.801. The Hall–Kier alpha value is -2.36. The molecule has 0 saturated heterocycles. The van der Waals surface area contributed by atoms with E-state index in [9.17, 15) is 0 Å². The van der Waals surface area contributed by atoms with E-state index in [1.165, 1.54) is 11.4 Å². The van der Waals surface area contributed by atoms with Gasteiger partial charge in [0.1, 0.15) is 0 Å². The van der Waals surface area contributed by atoms with E-state index in [-0.39, 0.29) is 0 Å². The standard InChI is InChI=1S/C17H24N4/c1-20(16-8-4-14(18)5-9-16)12-3-13-21(2)17-10-6-15(19)7-11-17/h4-11H,3,12-13,18-19H2,1-2H3. The summed E-state index contributed by atoms with van der Waals surface area (Å²) in [5.41, 5.74) is 15.4. The van der Waals surface area contributed by atoms with Crippen molar-refractivity contribution in [2.24, 2.45) is 0 Å². The van der Waals surface area contributed by atoms with Gasteiger partial charge in [-0.25, -0.2) is 0 Å². The van der Waals surface area contributed by atoms with Crippen molar-refractivity contribution in [3.8, 4) is 0 Å². The van der Waals surface area contributed by atoms with Crippen molar-refractivity contribution in [1.82, 2.24) is 0 Å². The second-order valence-electron chi connectivity index (χ2n) is 5.38. The van der Waals surface area contributed by atoms with Crippen molar-refractivity contribution < 1.29 is 0 Å². The molecule has 0 heterocycles. The lowest BCUT2D eigenvalue weighted by Crippen LogP contribution is -2.25. The first-order chi connectivity index (χ1) is 10.1. The normalized spacial score (nSPS) is 10.4. The zero-order valence-electron chi connectivity index (χ0n) is 12.8. The third-order valence-electron chi connectivity index (χ3n) is 3.65. The highest BCUT2D eigenvalue weighted by molar-refractivity contribution is 5.53. The van der Waals surface area contributed by atoms with Crippen molar-refractivity contribution >= 4 is 22.7 Å². The van der Waals surface area contributed by atoms with Gasteiger partial charge in [0.15, 0.2) is 0 Å². The van der Waals surface area contributed by atoms with Crippen LogP contribution in [0.25, 0.3) is 0 Å². The number of nitrogens with zero attached hydrogens (tertiary/aromatic N) is 2. The number of hydrogen-bond acceptors (Lipinski definition) is 4.